The third-order valence-electron chi connectivity index (χ3n) is 4.38. The van der Waals surface area contributed by atoms with Crippen molar-refractivity contribution in [3.63, 3.8) is 0 Å². The predicted molar refractivity (Wildman–Crippen MR) is 78.6 cm³/mol. The number of ether oxygens (including phenoxy) is 2. The monoisotopic (exact) mass is 319 g/mol. The highest BCUT2D eigenvalue weighted by molar-refractivity contribution is 5.83. The first kappa shape index (κ1) is 14.3. The van der Waals surface area contributed by atoms with E-state index in [1.165, 1.54) is 6.33 Å². The minimum atomic E-state index is -0.543. The lowest BCUT2D eigenvalue weighted by atomic mass is 9.97. The standard InChI is InChI=1S/C14H17N5O4/c1-18(2)12-10-13(16-5-15-12)19(6-17-10)14-11-7(3-9(21)23-11)8(4-20)22-14/h5-8,11,14,20H,3-4H2,1-2H3/t7-,8-,11+,14+/m1/s1. The highest BCUT2D eigenvalue weighted by Gasteiger charge is 2.52. The first-order chi connectivity index (χ1) is 11.1. The Kier molecular flexibility index (Phi) is 3.20. The molecule has 23 heavy (non-hydrogen) atoms. The number of anilines is 1. The summed E-state index contributed by atoms with van der Waals surface area (Å²) >= 11 is 0. The Morgan fingerprint density at radius 3 is 2.96 bits per heavy atom. The number of fused-ring (bicyclic) bond motifs is 2. The van der Waals surface area contributed by atoms with E-state index < -0.39 is 18.4 Å². The number of carbonyl (C=O) groups is 1. The topological polar surface area (TPSA) is 103 Å². The summed E-state index contributed by atoms with van der Waals surface area (Å²) in [6.45, 7) is -0.154. The number of esters is 1. The van der Waals surface area contributed by atoms with Gasteiger partial charge in [0.1, 0.15) is 6.33 Å². The van der Waals surface area contributed by atoms with Crippen LogP contribution in [0.25, 0.3) is 11.2 Å². The van der Waals surface area contributed by atoms with Crippen molar-refractivity contribution < 1.29 is 19.4 Å². The summed E-state index contributed by atoms with van der Waals surface area (Å²) in [4.78, 5) is 26.4. The zero-order chi connectivity index (χ0) is 16.1. The molecule has 4 heterocycles. The Morgan fingerprint density at radius 2 is 2.22 bits per heavy atom. The second-order valence-corrected chi connectivity index (χ2v) is 5.99. The van der Waals surface area contributed by atoms with Gasteiger partial charge in [-0.3, -0.25) is 9.36 Å². The van der Waals surface area contributed by atoms with Gasteiger partial charge in [0, 0.05) is 20.0 Å². The van der Waals surface area contributed by atoms with E-state index in [9.17, 15) is 9.90 Å². The molecule has 2 saturated heterocycles. The molecule has 0 spiro atoms. The zero-order valence-electron chi connectivity index (χ0n) is 12.8. The van der Waals surface area contributed by atoms with Gasteiger partial charge < -0.3 is 19.5 Å². The van der Waals surface area contributed by atoms with Crippen LogP contribution < -0.4 is 4.90 Å². The molecule has 0 bridgehead atoms. The van der Waals surface area contributed by atoms with Crippen LogP contribution in [0.3, 0.4) is 0 Å². The summed E-state index contributed by atoms with van der Waals surface area (Å²) in [5.41, 5.74) is 1.25. The molecule has 2 aromatic heterocycles. The molecule has 4 atom stereocenters. The Hall–Kier alpha value is -2.26. The van der Waals surface area contributed by atoms with Crippen molar-refractivity contribution in [2.24, 2.45) is 5.92 Å². The minimum absolute atomic E-state index is 0.148. The third-order valence-corrected chi connectivity index (χ3v) is 4.38. The number of aliphatic hydroxyl groups is 1. The van der Waals surface area contributed by atoms with Gasteiger partial charge in [-0.2, -0.15) is 0 Å². The second kappa shape index (κ2) is 5.14. The van der Waals surface area contributed by atoms with Gasteiger partial charge in [0.2, 0.25) is 0 Å². The van der Waals surface area contributed by atoms with Gasteiger partial charge in [0.15, 0.2) is 29.3 Å². The first-order valence-corrected chi connectivity index (χ1v) is 7.41. The molecule has 0 amide bonds. The van der Waals surface area contributed by atoms with Crippen LogP contribution in [0.15, 0.2) is 12.7 Å². The summed E-state index contributed by atoms with van der Waals surface area (Å²) in [6, 6.07) is 0. The lowest BCUT2D eigenvalue weighted by Gasteiger charge is -2.18. The normalized spacial score (nSPS) is 29.8. The number of nitrogens with zero attached hydrogens (tertiary/aromatic N) is 5. The van der Waals surface area contributed by atoms with Gasteiger partial charge in [-0.05, 0) is 0 Å². The average molecular weight is 319 g/mol. The fraction of sp³-hybridized carbons (Fsp3) is 0.571. The predicted octanol–water partition coefficient (Wildman–Crippen LogP) is -0.286. The largest absolute Gasteiger partial charge is 0.457 e. The molecule has 9 heteroatoms. The SMILES string of the molecule is CN(C)c1ncnc2c1ncn2[C@H]1O[C@H](CO)[C@H]2CC(=O)O[C@@H]21. The van der Waals surface area contributed by atoms with Gasteiger partial charge in [-0.15, -0.1) is 0 Å². The zero-order valence-corrected chi connectivity index (χ0v) is 12.8. The van der Waals surface area contributed by atoms with E-state index >= 15 is 0 Å². The lowest BCUT2D eigenvalue weighted by Crippen LogP contribution is -2.24. The number of rotatable bonds is 3. The van der Waals surface area contributed by atoms with Crippen LogP contribution in [-0.2, 0) is 14.3 Å². The number of hydrogen-bond acceptors (Lipinski definition) is 8. The van der Waals surface area contributed by atoms with Crippen molar-refractivity contribution in [2.75, 3.05) is 25.6 Å². The molecule has 2 aliphatic heterocycles. The molecule has 1 N–H and O–H groups in total. The number of aromatic nitrogens is 4. The highest BCUT2D eigenvalue weighted by atomic mass is 16.6. The number of aliphatic hydroxyl groups excluding tert-OH is 1. The molecule has 122 valence electrons. The van der Waals surface area contributed by atoms with Crippen LogP contribution in [0.4, 0.5) is 5.82 Å². The van der Waals surface area contributed by atoms with E-state index in [-0.39, 0.29) is 24.9 Å². The summed E-state index contributed by atoms with van der Waals surface area (Å²) in [5, 5.41) is 9.50. The Morgan fingerprint density at radius 1 is 1.39 bits per heavy atom. The maximum absolute atomic E-state index is 11.6. The molecule has 9 nitrogen and oxygen atoms in total. The van der Waals surface area contributed by atoms with E-state index in [1.807, 2.05) is 19.0 Å². The van der Waals surface area contributed by atoms with Gasteiger partial charge in [-0.25, -0.2) is 15.0 Å². The third kappa shape index (κ3) is 2.07. The van der Waals surface area contributed by atoms with Crippen molar-refractivity contribution in [1.82, 2.24) is 19.5 Å². The molecule has 4 rings (SSSR count). The molecule has 0 unspecified atom stereocenters. The summed E-state index contributed by atoms with van der Waals surface area (Å²) < 4.78 is 13.0. The van der Waals surface area contributed by atoms with E-state index in [2.05, 4.69) is 15.0 Å². The van der Waals surface area contributed by atoms with Crippen LogP contribution in [0.1, 0.15) is 12.6 Å². The maximum atomic E-state index is 11.6. The molecular weight excluding hydrogens is 302 g/mol. The number of hydrogen-bond donors (Lipinski definition) is 1. The van der Waals surface area contributed by atoms with Gasteiger partial charge in [0.25, 0.3) is 0 Å². The Balaban J connectivity index is 1.78. The van der Waals surface area contributed by atoms with E-state index in [0.29, 0.717) is 17.0 Å². The van der Waals surface area contributed by atoms with Crippen molar-refractivity contribution in [3.05, 3.63) is 12.7 Å². The quantitative estimate of drug-likeness (QED) is 0.770. The summed E-state index contributed by atoms with van der Waals surface area (Å²) in [5.74, 6) is 0.287. The van der Waals surface area contributed by atoms with Gasteiger partial charge >= 0.3 is 5.97 Å². The highest BCUT2D eigenvalue weighted by Crippen LogP contribution is 2.43. The molecule has 0 saturated carbocycles. The molecular formula is C14H17N5O4. The Labute approximate surface area is 131 Å². The van der Waals surface area contributed by atoms with Crippen LogP contribution in [0.5, 0.6) is 0 Å². The van der Waals surface area contributed by atoms with E-state index in [0.717, 1.165) is 0 Å². The molecule has 0 aliphatic carbocycles. The molecule has 0 radical (unpaired) electrons. The first-order valence-electron chi connectivity index (χ1n) is 7.41. The summed E-state index contributed by atoms with van der Waals surface area (Å²) in [6.07, 6.45) is 1.93. The van der Waals surface area contributed by atoms with Crippen LogP contribution in [0.2, 0.25) is 0 Å². The van der Waals surface area contributed by atoms with E-state index in [1.54, 1.807) is 10.9 Å². The van der Waals surface area contributed by atoms with Crippen LogP contribution in [0, 0.1) is 5.92 Å². The van der Waals surface area contributed by atoms with Crippen LogP contribution in [-0.4, -0.2) is 63.5 Å². The van der Waals surface area contributed by atoms with Crippen molar-refractivity contribution in [3.8, 4) is 0 Å². The number of carbonyl (C=O) groups excluding carboxylic acids is 1. The van der Waals surface area contributed by atoms with Gasteiger partial charge in [-0.1, -0.05) is 0 Å². The van der Waals surface area contributed by atoms with Crippen molar-refractivity contribution in [2.45, 2.75) is 24.9 Å². The fourth-order valence-electron chi connectivity index (χ4n) is 3.32. The van der Waals surface area contributed by atoms with Crippen LogP contribution >= 0.6 is 0 Å². The lowest BCUT2D eigenvalue weighted by molar-refractivity contribution is -0.149. The summed E-state index contributed by atoms with van der Waals surface area (Å²) in [7, 11) is 3.76. The Bertz CT molecular complexity index is 761. The molecule has 2 aliphatic rings. The molecule has 2 aromatic rings. The minimum Gasteiger partial charge on any atom is -0.457 e. The van der Waals surface area contributed by atoms with Gasteiger partial charge in [0.05, 0.1) is 25.5 Å². The molecule has 2 fully saturated rings. The fourth-order valence-corrected chi connectivity index (χ4v) is 3.32. The number of imidazole rings is 1. The maximum Gasteiger partial charge on any atom is 0.306 e. The van der Waals surface area contributed by atoms with E-state index in [4.69, 9.17) is 9.47 Å². The van der Waals surface area contributed by atoms with Crippen molar-refractivity contribution >= 4 is 23.0 Å². The average Bonchev–Trinajstić information content (AvgIpc) is 3.19. The smallest absolute Gasteiger partial charge is 0.306 e. The van der Waals surface area contributed by atoms with Crippen molar-refractivity contribution in [1.29, 1.82) is 0 Å². The molecule has 0 aromatic carbocycles. The second-order valence-electron chi connectivity index (χ2n) is 5.99.